The molecular weight excluding hydrogens is 166 g/mol. The van der Waals surface area contributed by atoms with E-state index in [1.807, 2.05) is 0 Å². The van der Waals surface area contributed by atoms with Crippen LogP contribution in [0.5, 0.6) is 0 Å². The van der Waals surface area contributed by atoms with E-state index in [0.29, 0.717) is 0 Å². The topological polar surface area (TPSA) is 12.0 Å². The van der Waals surface area contributed by atoms with Gasteiger partial charge in [-0.1, -0.05) is 13.8 Å². The first-order chi connectivity index (χ1) is 5.79. The third kappa shape index (κ3) is 4.36. The summed E-state index contributed by atoms with van der Waals surface area (Å²) in [4.78, 5) is 0. The molecule has 0 spiro atoms. The predicted molar refractivity (Wildman–Crippen MR) is 57.8 cm³/mol. The average molecular weight is 187 g/mol. The van der Waals surface area contributed by atoms with E-state index in [4.69, 9.17) is 0 Å². The molecule has 1 aliphatic rings. The minimum atomic E-state index is 0.808. The Labute approximate surface area is 80.7 Å². The molecule has 1 heterocycles. The number of hydrogen-bond donors (Lipinski definition) is 1. The largest absolute Gasteiger partial charge is 0.313 e. The predicted octanol–water partition coefficient (Wildman–Crippen LogP) is 2.52. The lowest BCUT2D eigenvalue weighted by Crippen LogP contribution is -2.34. The molecule has 0 aromatic rings. The van der Waals surface area contributed by atoms with Gasteiger partial charge in [0, 0.05) is 11.8 Å². The molecule has 0 aromatic carbocycles. The minimum Gasteiger partial charge on any atom is -0.313 e. The molecule has 0 radical (unpaired) electrons. The molecule has 0 amide bonds. The van der Waals surface area contributed by atoms with Crippen molar-refractivity contribution in [2.24, 2.45) is 5.92 Å². The minimum absolute atomic E-state index is 0.808. The summed E-state index contributed by atoms with van der Waals surface area (Å²) in [6.07, 6.45) is 4.12. The van der Waals surface area contributed by atoms with Crippen LogP contribution in [0.2, 0.25) is 0 Å². The molecule has 0 unspecified atom stereocenters. The fourth-order valence-electron chi connectivity index (χ4n) is 1.48. The van der Waals surface area contributed by atoms with Crippen LogP contribution in [-0.2, 0) is 0 Å². The molecule has 12 heavy (non-hydrogen) atoms. The summed E-state index contributed by atoms with van der Waals surface area (Å²) in [6, 6.07) is 0.808. The lowest BCUT2D eigenvalue weighted by molar-refractivity contribution is 0.466. The van der Waals surface area contributed by atoms with Crippen LogP contribution in [-0.4, -0.2) is 24.1 Å². The van der Waals surface area contributed by atoms with Gasteiger partial charge in [0.05, 0.1) is 0 Å². The zero-order valence-electron chi connectivity index (χ0n) is 8.31. The van der Waals surface area contributed by atoms with Gasteiger partial charge in [-0.05, 0) is 37.5 Å². The lowest BCUT2D eigenvalue weighted by atomic mass is 10.1. The number of hydrogen-bond acceptors (Lipinski definition) is 2. The Balaban J connectivity index is 1.98. The first-order valence-corrected chi connectivity index (χ1v) is 6.25. The molecule has 1 fully saturated rings. The van der Waals surface area contributed by atoms with Crippen molar-refractivity contribution in [2.75, 3.05) is 18.1 Å². The van der Waals surface area contributed by atoms with Crippen LogP contribution in [0.15, 0.2) is 0 Å². The third-order valence-corrected chi connectivity index (χ3v) is 3.53. The Bertz CT molecular complexity index is 108. The average Bonchev–Trinajstić information content (AvgIpc) is 2.05. The summed E-state index contributed by atoms with van der Waals surface area (Å²) in [5.41, 5.74) is 0. The van der Waals surface area contributed by atoms with Crippen LogP contribution in [0.25, 0.3) is 0 Å². The second kappa shape index (κ2) is 5.87. The second-order valence-corrected chi connectivity index (χ2v) is 5.20. The van der Waals surface area contributed by atoms with E-state index in [1.165, 1.54) is 37.3 Å². The Hall–Kier alpha value is 0.310. The third-order valence-electron chi connectivity index (χ3n) is 2.31. The van der Waals surface area contributed by atoms with E-state index >= 15 is 0 Å². The van der Waals surface area contributed by atoms with Crippen molar-refractivity contribution in [3.8, 4) is 0 Å². The van der Waals surface area contributed by atoms with E-state index in [1.54, 1.807) is 0 Å². The summed E-state index contributed by atoms with van der Waals surface area (Å²) in [5.74, 6) is 3.55. The standard InChI is InChI=1S/C10H21NS/c1-9(2)5-6-11-10-4-3-7-12-8-10/h9-11H,3-8H2,1-2H3/t10-/m1/s1. The van der Waals surface area contributed by atoms with Crippen molar-refractivity contribution >= 4 is 11.8 Å². The van der Waals surface area contributed by atoms with Crippen molar-refractivity contribution in [1.82, 2.24) is 5.32 Å². The highest BCUT2D eigenvalue weighted by atomic mass is 32.2. The van der Waals surface area contributed by atoms with Gasteiger partial charge in [-0.2, -0.15) is 11.8 Å². The fourth-order valence-corrected chi connectivity index (χ4v) is 2.58. The van der Waals surface area contributed by atoms with Gasteiger partial charge in [0.1, 0.15) is 0 Å². The molecule has 0 aromatic heterocycles. The van der Waals surface area contributed by atoms with Gasteiger partial charge in [0.25, 0.3) is 0 Å². The maximum absolute atomic E-state index is 3.63. The molecule has 1 atom stereocenters. The second-order valence-electron chi connectivity index (χ2n) is 4.05. The Kier molecular flexibility index (Phi) is 5.08. The summed E-state index contributed by atoms with van der Waals surface area (Å²) in [6.45, 7) is 5.79. The Morgan fingerprint density at radius 2 is 2.33 bits per heavy atom. The number of thioether (sulfide) groups is 1. The summed E-state index contributed by atoms with van der Waals surface area (Å²) in [5, 5.41) is 3.63. The summed E-state index contributed by atoms with van der Waals surface area (Å²) >= 11 is 2.10. The molecule has 0 saturated carbocycles. The van der Waals surface area contributed by atoms with E-state index in [-0.39, 0.29) is 0 Å². The highest BCUT2D eigenvalue weighted by Crippen LogP contribution is 2.16. The van der Waals surface area contributed by atoms with Gasteiger partial charge in [0.2, 0.25) is 0 Å². The van der Waals surface area contributed by atoms with Crippen LogP contribution in [0, 0.1) is 5.92 Å². The first kappa shape index (κ1) is 10.4. The SMILES string of the molecule is CC(C)CCN[C@@H]1CCCSC1. The van der Waals surface area contributed by atoms with Crippen molar-refractivity contribution in [2.45, 2.75) is 39.2 Å². The zero-order chi connectivity index (χ0) is 8.81. The van der Waals surface area contributed by atoms with Crippen molar-refractivity contribution in [3.05, 3.63) is 0 Å². The van der Waals surface area contributed by atoms with Crippen LogP contribution >= 0.6 is 11.8 Å². The van der Waals surface area contributed by atoms with Crippen LogP contribution in [0.3, 0.4) is 0 Å². The van der Waals surface area contributed by atoms with Gasteiger partial charge < -0.3 is 5.32 Å². The molecule has 1 nitrogen and oxygen atoms in total. The highest BCUT2D eigenvalue weighted by molar-refractivity contribution is 7.99. The molecule has 1 N–H and O–H groups in total. The van der Waals surface area contributed by atoms with E-state index in [2.05, 4.69) is 30.9 Å². The van der Waals surface area contributed by atoms with Crippen molar-refractivity contribution < 1.29 is 0 Å². The van der Waals surface area contributed by atoms with Crippen molar-refractivity contribution in [3.63, 3.8) is 0 Å². The van der Waals surface area contributed by atoms with Crippen molar-refractivity contribution in [1.29, 1.82) is 0 Å². The lowest BCUT2D eigenvalue weighted by Gasteiger charge is -2.22. The summed E-state index contributed by atoms with van der Waals surface area (Å²) < 4.78 is 0. The zero-order valence-corrected chi connectivity index (χ0v) is 9.12. The monoisotopic (exact) mass is 187 g/mol. The van der Waals surface area contributed by atoms with Gasteiger partial charge in [-0.25, -0.2) is 0 Å². The van der Waals surface area contributed by atoms with Gasteiger partial charge in [-0.3, -0.25) is 0 Å². The molecule has 0 bridgehead atoms. The van der Waals surface area contributed by atoms with E-state index < -0.39 is 0 Å². The molecular formula is C10H21NS. The smallest absolute Gasteiger partial charge is 0.0158 e. The van der Waals surface area contributed by atoms with Crippen LogP contribution < -0.4 is 5.32 Å². The van der Waals surface area contributed by atoms with Gasteiger partial charge in [0.15, 0.2) is 0 Å². The maximum atomic E-state index is 3.63. The van der Waals surface area contributed by atoms with Crippen LogP contribution in [0.1, 0.15) is 33.1 Å². The van der Waals surface area contributed by atoms with Gasteiger partial charge in [-0.15, -0.1) is 0 Å². The first-order valence-electron chi connectivity index (χ1n) is 5.10. The Morgan fingerprint density at radius 1 is 1.50 bits per heavy atom. The molecule has 2 heteroatoms. The van der Waals surface area contributed by atoms with E-state index in [0.717, 1.165) is 12.0 Å². The van der Waals surface area contributed by atoms with E-state index in [9.17, 15) is 0 Å². The highest BCUT2D eigenvalue weighted by Gasteiger charge is 2.12. The maximum Gasteiger partial charge on any atom is 0.0158 e. The normalized spacial score (nSPS) is 24.8. The Morgan fingerprint density at radius 3 is 2.92 bits per heavy atom. The van der Waals surface area contributed by atoms with Gasteiger partial charge >= 0.3 is 0 Å². The van der Waals surface area contributed by atoms with Crippen LogP contribution in [0.4, 0.5) is 0 Å². The molecule has 0 aliphatic carbocycles. The fraction of sp³-hybridized carbons (Fsp3) is 1.00. The summed E-state index contributed by atoms with van der Waals surface area (Å²) in [7, 11) is 0. The molecule has 1 saturated heterocycles. The number of rotatable bonds is 4. The molecule has 1 aliphatic heterocycles. The number of nitrogens with one attached hydrogen (secondary N) is 1. The molecule has 72 valence electrons. The quantitative estimate of drug-likeness (QED) is 0.726. The molecule has 1 rings (SSSR count).